The number of aliphatic carboxylic acids is 1. The van der Waals surface area contributed by atoms with Crippen LogP contribution in [0.4, 0.5) is 0 Å². The van der Waals surface area contributed by atoms with E-state index in [1.807, 2.05) is 0 Å². The monoisotopic (exact) mass is 332 g/mol. The van der Waals surface area contributed by atoms with Gasteiger partial charge in [-0.3, -0.25) is 9.59 Å². The summed E-state index contributed by atoms with van der Waals surface area (Å²) in [6.07, 6.45) is 10.1. The topological polar surface area (TPSA) is 104 Å². The largest absolute Gasteiger partial charge is 0.481 e. The van der Waals surface area contributed by atoms with Gasteiger partial charge in [-0.1, -0.05) is 51.4 Å². The number of carboxylic acids is 1. The van der Waals surface area contributed by atoms with E-state index >= 15 is 0 Å². The lowest BCUT2D eigenvalue weighted by atomic mass is 10.1. The summed E-state index contributed by atoms with van der Waals surface area (Å²) in [5, 5.41) is 26.1. The van der Waals surface area contributed by atoms with Crippen molar-refractivity contribution >= 4 is 11.9 Å². The van der Waals surface area contributed by atoms with Gasteiger partial charge in [-0.2, -0.15) is 0 Å². The smallest absolute Gasteiger partial charge is 0.305 e. The normalized spacial score (nSPS) is 12.1. The molecule has 0 aromatic carbocycles. The molecule has 0 spiro atoms. The molecule has 3 N–H and O–H groups in total. The summed E-state index contributed by atoms with van der Waals surface area (Å²) in [4.78, 5) is 21.6. The molecule has 6 nitrogen and oxygen atoms in total. The maximum Gasteiger partial charge on any atom is 0.305 e. The van der Waals surface area contributed by atoms with Crippen molar-refractivity contribution in [3.05, 3.63) is 0 Å². The molecule has 0 rings (SSSR count). The number of hydrogen-bond donors (Lipinski definition) is 3. The lowest BCUT2D eigenvalue weighted by Gasteiger charge is -2.08. The molecule has 0 radical (unpaired) electrons. The number of esters is 1. The molecule has 0 aliphatic rings. The fourth-order valence-corrected chi connectivity index (χ4v) is 2.27. The summed E-state index contributed by atoms with van der Waals surface area (Å²) in [6.45, 7) is -0.533. The quantitative estimate of drug-likeness (QED) is 0.296. The first kappa shape index (κ1) is 21.9. The van der Waals surface area contributed by atoms with Gasteiger partial charge in [0.1, 0.15) is 12.7 Å². The second-order valence-electron chi connectivity index (χ2n) is 5.95. The van der Waals surface area contributed by atoms with E-state index < -0.39 is 18.7 Å². The second kappa shape index (κ2) is 15.7. The third-order valence-electron chi connectivity index (χ3n) is 3.67. The Morgan fingerprint density at radius 2 is 1.22 bits per heavy atom. The Labute approximate surface area is 138 Å². The van der Waals surface area contributed by atoms with Crippen LogP contribution < -0.4 is 0 Å². The zero-order chi connectivity index (χ0) is 17.3. The Kier molecular flexibility index (Phi) is 15.0. The van der Waals surface area contributed by atoms with E-state index in [1.54, 1.807) is 0 Å². The van der Waals surface area contributed by atoms with Gasteiger partial charge in [0, 0.05) is 12.8 Å². The van der Waals surface area contributed by atoms with Crippen LogP contribution in [0.15, 0.2) is 0 Å². The summed E-state index contributed by atoms with van der Waals surface area (Å²) >= 11 is 0. The Morgan fingerprint density at radius 1 is 0.783 bits per heavy atom. The standard InChI is InChI=1S/C17H32O6/c18-13-15(19)14-23-17(22)12-10-8-6-4-2-1-3-5-7-9-11-16(20)21/h15,18-19H,1-14H2,(H,20,21). The van der Waals surface area contributed by atoms with Crippen molar-refractivity contribution in [2.45, 2.75) is 83.2 Å². The molecule has 0 heterocycles. The SMILES string of the molecule is O=C(O)CCCCCCCCCCCCC(=O)OCC(O)CO. The molecule has 6 heteroatoms. The number of ether oxygens (including phenoxy) is 1. The Hall–Kier alpha value is -1.14. The van der Waals surface area contributed by atoms with Crippen LogP contribution in [-0.4, -0.2) is 46.6 Å². The van der Waals surface area contributed by atoms with Crippen molar-refractivity contribution in [3.63, 3.8) is 0 Å². The summed E-state index contributed by atoms with van der Waals surface area (Å²) in [7, 11) is 0. The number of hydrogen-bond acceptors (Lipinski definition) is 5. The highest BCUT2D eigenvalue weighted by Gasteiger charge is 2.07. The zero-order valence-corrected chi connectivity index (χ0v) is 14.0. The van der Waals surface area contributed by atoms with Gasteiger partial charge >= 0.3 is 11.9 Å². The number of carbonyl (C=O) groups excluding carboxylic acids is 1. The summed E-state index contributed by atoms with van der Waals surface area (Å²) in [6, 6.07) is 0. The minimum Gasteiger partial charge on any atom is -0.481 e. The van der Waals surface area contributed by atoms with E-state index in [4.69, 9.17) is 20.1 Å². The van der Waals surface area contributed by atoms with Crippen molar-refractivity contribution in [1.29, 1.82) is 0 Å². The molecule has 0 aromatic heterocycles. The summed E-state index contributed by atoms with van der Waals surface area (Å²) < 4.78 is 4.82. The van der Waals surface area contributed by atoms with E-state index in [9.17, 15) is 9.59 Å². The van der Waals surface area contributed by atoms with Gasteiger partial charge in [0.05, 0.1) is 6.61 Å². The number of rotatable bonds is 16. The molecule has 136 valence electrons. The Morgan fingerprint density at radius 3 is 1.65 bits per heavy atom. The fourth-order valence-electron chi connectivity index (χ4n) is 2.27. The number of carbonyl (C=O) groups is 2. The summed E-state index contributed by atoms with van der Waals surface area (Å²) in [5.41, 5.74) is 0. The van der Waals surface area contributed by atoms with Crippen LogP contribution in [0, 0.1) is 0 Å². The van der Waals surface area contributed by atoms with Crippen LogP contribution in [-0.2, 0) is 14.3 Å². The minimum atomic E-state index is -0.983. The average Bonchev–Trinajstić information content (AvgIpc) is 2.53. The van der Waals surface area contributed by atoms with Crippen molar-refractivity contribution in [3.8, 4) is 0 Å². The molecule has 0 fully saturated rings. The number of unbranched alkanes of at least 4 members (excludes halogenated alkanes) is 9. The van der Waals surface area contributed by atoms with Gasteiger partial charge < -0.3 is 20.1 Å². The predicted molar refractivity (Wildman–Crippen MR) is 87.1 cm³/mol. The number of aliphatic hydroxyl groups excluding tert-OH is 2. The first-order chi connectivity index (χ1) is 11.1. The van der Waals surface area contributed by atoms with Crippen LogP contribution >= 0.6 is 0 Å². The van der Waals surface area contributed by atoms with Gasteiger partial charge in [0.25, 0.3) is 0 Å². The van der Waals surface area contributed by atoms with Gasteiger partial charge in [0.15, 0.2) is 0 Å². The maximum atomic E-state index is 11.3. The molecule has 1 atom stereocenters. The van der Waals surface area contributed by atoms with Crippen molar-refractivity contribution < 1.29 is 29.6 Å². The second-order valence-corrected chi connectivity index (χ2v) is 5.95. The van der Waals surface area contributed by atoms with E-state index in [0.29, 0.717) is 6.42 Å². The number of carboxylic acid groups (broad SMARTS) is 1. The van der Waals surface area contributed by atoms with Crippen LogP contribution in [0.2, 0.25) is 0 Å². The molecular formula is C17H32O6. The van der Waals surface area contributed by atoms with Crippen LogP contribution in [0.1, 0.15) is 77.0 Å². The Balaban J connectivity index is 3.18. The maximum absolute atomic E-state index is 11.3. The van der Waals surface area contributed by atoms with E-state index in [-0.39, 0.29) is 19.0 Å². The molecule has 0 amide bonds. The van der Waals surface area contributed by atoms with Crippen molar-refractivity contribution in [2.75, 3.05) is 13.2 Å². The van der Waals surface area contributed by atoms with Gasteiger partial charge in [-0.15, -0.1) is 0 Å². The fraction of sp³-hybridized carbons (Fsp3) is 0.882. The Bertz CT molecular complexity index is 305. The molecule has 0 saturated carbocycles. The molecule has 23 heavy (non-hydrogen) atoms. The van der Waals surface area contributed by atoms with Crippen molar-refractivity contribution in [2.24, 2.45) is 0 Å². The molecule has 0 saturated heterocycles. The average molecular weight is 332 g/mol. The lowest BCUT2D eigenvalue weighted by molar-refractivity contribution is -0.147. The van der Waals surface area contributed by atoms with Crippen LogP contribution in [0.25, 0.3) is 0 Å². The predicted octanol–water partition coefficient (Wildman–Crippen LogP) is 2.65. The first-order valence-electron chi connectivity index (χ1n) is 8.72. The lowest BCUT2D eigenvalue weighted by Crippen LogP contribution is -2.21. The number of aliphatic hydroxyl groups is 2. The highest BCUT2D eigenvalue weighted by Crippen LogP contribution is 2.12. The molecule has 0 aromatic rings. The molecule has 1 unspecified atom stereocenters. The highest BCUT2D eigenvalue weighted by atomic mass is 16.5. The molecule has 0 aliphatic heterocycles. The van der Waals surface area contributed by atoms with Crippen LogP contribution in [0.5, 0.6) is 0 Å². The minimum absolute atomic E-state index is 0.137. The van der Waals surface area contributed by atoms with E-state index in [0.717, 1.165) is 44.9 Å². The van der Waals surface area contributed by atoms with Gasteiger partial charge in [-0.25, -0.2) is 0 Å². The van der Waals surface area contributed by atoms with E-state index in [2.05, 4.69) is 0 Å². The molecule has 0 bridgehead atoms. The van der Waals surface area contributed by atoms with Gasteiger partial charge in [-0.05, 0) is 12.8 Å². The molecule has 0 aliphatic carbocycles. The zero-order valence-electron chi connectivity index (χ0n) is 14.0. The van der Waals surface area contributed by atoms with Gasteiger partial charge in [0.2, 0.25) is 0 Å². The summed E-state index contributed by atoms with van der Waals surface area (Å²) in [5.74, 6) is -1.03. The van der Waals surface area contributed by atoms with Crippen molar-refractivity contribution in [1.82, 2.24) is 0 Å². The molecular weight excluding hydrogens is 300 g/mol. The first-order valence-corrected chi connectivity index (χ1v) is 8.72. The van der Waals surface area contributed by atoms with Crippen LogP contribution in [0.3, 0.4) is 0 Å². The van der Waals surface area contributed by atoms with E-state index in [1.165, 1.54) is 19.3 Å². The third kappa shape index (κ3) is 17.1. The third-order valence-corrected chi connectivity index (χ3v) is 3.67. The highest BCUT2D eigenvalue weighted by molar-refractivity contribution is 5.69.